The molecular formula is C29H53NO8. The summed E-state index contributed by atoms with van der Waals surface area (Å²) >= 11 is 0. The van der Waals surface area contributed by atoms with Crippen LogP contribution in [0.1, 0.15) is 97.3 Å². The Kier molecular flexibility index (Phi) is 19.6. The summed E-state index contributed by atoms with van der Waals surface area (Å²) in [6.07, 6.45) is 15.7. The highest BCUT2D eigenvalue weighted by atomic mass is 16.7. The summed E-state index contributed by atoms with van der Waals surface area (Å²) in [5, 5.41) is 52.3. The lowest BCUT2D eigenvalue weighted by molar-refractivity contribution is -0.302. The van der Waals surface area contributed by atoms with E-state index in [9.17, 15) is 30.3 Å². The Bertz CT molecular complexity index is 656. The number of hydrogen-bond donors (Lipinski definition) is 6. The van der Waals surface area contributed by atoms with Crippen molar-refractivity contribution in [2.75, 3.05) is 13.2 Å². The topological polar surface area (TPSA) is 149 Å². The van der Waals surface area contributed by atoms with Crippen molar-refractivity contribution in [2.24, 2.45) is 0 Å². The maximum absolute atomic E-state index is 11.6. The molecule has 0 bridgehead atoms. The summed E-state index contributed by atoms with van der Waals surface area (Å²) in [4.78, 5) is 11.6. The van der Waals surface area contributed by atoms with Gasteiger partial charge in [0.25, 0.3) is 0 Å². The number of amides is 1. The van der Waals surface area contributed by atoms with Crippen LogP contribution in [0.4, 0.5) is 0 Å². The highest BCUT2D eigenvalue weighted by molar-refractivity contribution is 5.73. The predicted molar refractivity (Wildman–Crippen MR) is 147 cm³/mol. The first kappa shape index (κ1) is 34.7. The van der Waals surface area contributed by atoms with E-state index in [1.165, 1.54) is 71.1 Å². The van der Waals surface area contributed by atoms with Gasteiger partial charge in [0.2, 0.25) is 5.91 Å². The minimum Gasteiger partial charge on any atom is -0.394 e. The molecule has 0 aromatic heterocycles. The van der Waals surface area contributed by atoms with Crippen molar-refractivity contribution in [2.45, 2.75) is 140 Å². The third-order valence-electron chi connectivity index (χ3n) is 6.81. The zero-order chi connectivity index (χ0) is 28.2. The van der Waals surface area contributed by atoms with Crippen molar-refractivity contribution >= 4 is 5.91 Å². The number of rotatable bonds is 21. The second-order valence-corrected chi connectivity index (χ2v) is 10.3. The average Bonchev–Trinajstić information content (AvgIpc) is 2.90. The number of carbonyl (C=O) groups is 1. The smallest absolute Gasteiger partial charge is 0.217 e. The number of aliphatic hydroxyl groups is 5. The fourth-order valence-corrected chi connectivity index (χ4v) is 4.44. The molecule has 0 radical (unpaired) electrons. The van der Waals surface area contributed by atoms with Crippen LogP contribution in [0, 0.1) is 0 Å². The van der Waals surface area contributed by atoms with Gasteiger partial charge in [0.15, 0.2) is 6.29 Å². The third kappa shape index (κ3) is 14.7. The van der Waals surface area contributed by atoms with E-state index < -0.39 is 49.5 Å². The molecule has 1 heterocycles. The maximum atomic E-state index is 11.6. The van der Waals surface area contributed by atoms with Gasteiger partial charge in [-0.1, -0.05) is 89.0 Å². The Morgan fingerprint density at radius 2 is 1.45 bits per heavy atom. The van der Waals surface area contributed by atoms with Gasteiger partial charge >= 0.3 is 0 Å². The number of nitrogens with one attached hydrogen (secondary N) is 1. The molecule has 0 spiro atoms. The van der Waals surface area contributed by atoms with Gasteiger partial charge in [-0.2, -0.15) is 0 Å². The van der Waals surface area contributed by atoms with Gasteiger partial charge in [0.05, 0.1) is 25.4 Å². The molecule has 1 amide bonds. The molecule has 9 nitrogen and oxygen atoms in total. The van der Waals surface area contributed by atoms with Crippen LogP contribution in [0.25, 0.3) is 0 Å². The summed E-state index contributed by atoms with van der Waals surface area (Å²) in [6.45, 7) is 2.78. The van der Waals surface area contributed by atoms with E-state index in [1.54, 1.807) is 6.08 Å². The number of carbonyl (C=O) groups excluding carboxylic acids is 1. The Labute approximate surface area is 228 Å². The van der Waals surface area contributed by atoms with Gasteiger partial charge in [0, 0.05) is 6.92 Å². The zero-order valence-electron chi connectivity index (χ0n) is 23.4. The monoisotopic (exact) mass is 543 g/mol. The minimum absolute atomic E-state index is 0.216. The molecule has 0 aromatic carbocycles. The normalized spacial score (nSPS) is 25.7. The highest BCUT2D eigenvalue weighted by Gasteiger charge is 2.44. The molecule has 0 saturated carbocycles. The van der Waals surface area contributed by atoms with Crippen molar-refractivity contribution in [3.05, 3.63) is 24.3 Å². The van der Waals surface area contributed by atoms with E-state index in [-0.39, 0.29) is 12.5 Å². The van der Waals surface area contributed by atoms with E-state index in [4.69, 9.17) is 9.47 Å². The van der Waals surface area contributed by atoms with Crippen LogP contribution in [0.3, 0.4) is 0 Å². The summed E-state index contributed by atoms with van der Waals surface area (Å²) < 4.78 is 10.8. The molecule has 0 aromatic rings. The summed E-state index contributed by atoms with van der Waals surface area (Å²) in [6, 6.07) is -0.817. The summed E-state index contributed by atoms with van der Waals surface area (Å²) in [5.41, 5.74) is 0. The molecule has 1 rings (SSSR count). The number of ether oxygens (including phenoxy) is 2. The second-order valence-electron chi connectivity index (χ2n) is 10.3. The second kappa shape index (κ2) is 21.5. The molecule has 7 unspecified atom stereocenters. The van der Waals surface area contributed by atoms with Crippen LogP contribution < -0.4 is 5.32 Å². The summed E-state index contributed by atoms with van der Waals surface area (Å²) in [5.74, 6) is -0.366. The maximum Gasteiger partial charge on any atom is 0.217 e. The van der Waals surface area contributed by atoms with E-state index in [1.807, 2.05) is 6.08 Å². The first-order chi connectivity index (χ1) is 18.3. The lowest BCUT2D eigenvalue weighted by atomic mass is 9.99. The number of hydrogen-bond acceptors (Lipinski definition) is 8. The predicted octanol–water partition coefficient (Wildman–Crippen LogP) is 2.87. The van der Waals surface area contributed by atoms with Crippen molar-refractivity contribution in [1.82, 2.24) is 5.32 Å². The van der Waals surface area contributed by atoms with Crippen LogP contribution >= 0.6 is 0 Å². The molecule has 38 heavy (non-hydrogen) atoms. The van der Waals surface area contributed by atoms with Crippen LogP contribution in [0.2, 0.25) is 0 Å². The van der Waals surface area contributed by atoms with Crippen molar-refractivity contribution in [3.8, 4) is 0 Å². The van der Waals surface area contributed by atoms with Gasteiger partial charge in [-0.3, -0.25) is 4.79 Å². The Hall–Kier alpha value is -1.33. The largest absolute Gasteiger partial charge is 0.394 e. The molecule has 9 heteroatoms. The van der Waals surface area contributed by atoms with Gasteiger partial charge in [0.1, 0.15) is 24.4 Å². The molecule has 7 atom stereocenters. The van der Waals surface area contributed by atoms with E-state index in [0.717, 1.165) is 19.3 Å². The molecule has 6 N–H and O–H groups in total. The van der Waals surface area contributed by atoms with Gasteiger partial charge in [-0.15, -0.1) is 0 Å². The lowest BCUT2D eigenvalue weighted by Gasteiger charge is -2.40. The standard InChI is InChI=1S/C29H53NO8/c1-3-4-5-6-7-8-9-10-11-12-13-14-15-16-17-18-19-24(33)23(30-22(2)32)21-37-29-28(36)27(35)26(34)25(20-31)38-29/h14-15,18-19,23-29,31,33-36H,3-13,16-17,20-21H2,1-2H3,(H,30,32)/b15-14+,19-18+. The van der Waals surface area contributed by atoms with Gasteiger partial charge < -0.3 is 40.3 Å². The van der Waals surface area contributed by atoms with Gasteiger partial charge in [-0.25, -0.2) is 0 Å². The lowest BCUT2D eigenvalue weighted by Crippen LogP contribution is -2.60. The molecule has 1 fully saturated rings. The minimum atomic E-state index is -1.56. The average molecular weight is 544 g/mol. The fraction of sp³-hybridized carbons (Fsp3) is 0.828. The quantitative estimate of drug-likeness (QED) is 0.0956. The van der Waals surface area contributed by atoms with Crippen LogP contribution in [-0.4, -0.2) is 87.5 Å². The Balaban J connectivity index is 2.27. The van der Waals surface area contributed by atoms with Crippen molar-refractivity contribution in [3.63, 3.8) is 0 Å². The first-order valence-electron chi connectivity index (χ1n) is 14.5. The molecule has 1 aliphatic heterocycles. The van der Waals surface area contributed by atoms with Crippen molar-refractivity contribution in [1.29, 1.82) is 0 Å². The van der Waals surface area contributed by atoms with E-state index >= 15 is 0 Å². The molecule has 1 saturated heterocycles. The third-order valence-corrected chi connectivity index (χ3v) is 6.81. The van der Waals surface area contributed by atoms with E-state index in [0.29, 0.717) is 0 Å². The molecule has 0 aliphatic carbocycles. The highest BCUT2D eigenvalue weighted by Crippen LogP contribution is 2.22. The number of aliphatic hydroxyl groups excluding tert-OH is 5. The molecule has 222 valence electrons. The van der Waals surface area contributed by atoms with Crippen LogP contribution in [-0.2, 0) is 14.3 Å². The Morgan fingerprint density at radius 1 is 0.868 bits per heavy atom. The summed E-state index contributed by atoms with van der Waals surface area (Å²) in [7, 11) is 0. The number of unbranched alkanes of at least 4 members (excludes halogenated alkanes) is 11. The fourth-order valence-electron chi connectivity index (χ4n) is 4.44. The zero-order valence-corrected chi connectivity index (χ0v) is 23.4. The Morgan fingerprint density at radius 3 is 2.05 bits per heavy atom. The van der Waals surface area contributed by atoms with Crippen LogP contribution in [0.5, 0.6) is 0 Å². The molecular weight excluding hydrogens is 490 g/mol. The van der Waals surface area contributed by atoms with Crippen LogP contribution in [0.15, 0.2) is 24.3 Å². The number of allylic oxidation sites excluding steroid dienone is 3. The first-order valence-corrected chi connectivity index (χ1v) is 14.5. The van der Waals surface area contributed by atoms with Gasteiger partial charge in [-0.05, 0) is 25.7 Å². The van der Waals surface area contributed by atoms with Crippen molar-refractivity contribution < 1.29 is 39.8 Å². The SMILES string of the molecule is CCCCCCCCCCCC/C=C/CC/C=C/C(O)C(COC1OC(CO)C(O)C(O)C1O)NC(C)=O. The molecule has 1 aliphatic rings. The van der Waals surface area contributed by atoms with E-state index in [2.05, 4.69) is 24.4 Å².